The van der Waals surface area contributed by atoms with E-state index >= 15 is 0 Å². The average Bonchev–Trinajstić information content (AvgIpc) is 2.88. The number of fused-ring (bicyclic) bond motifs is 3. The summed E-state index contributed by atoms with van der Waals surface area (Å²) >= 11 is 6.01. The van der Waals surface area contributed by atoms with E-state index in [1.54, 1.807) is 0 Å². The Kier molecular flexibility index (Phi) is 3.83. The van der Waals surface area contributed by atoms with Gasteiger partial charge in [-0.2, -0.15) is 0 Å². The molecule has 0 amide bonds. The van der Waals surface area contributed by atoms with Gasteiger partial charge in [0.2, 0.25) is 0 Å². The van der Waals surface area contributed by atoms with Crippen molar-refractivity contribution in [2.24, 2.45) is 0 Å². The Morgan fingerprint density at radius 1 is 1.24 bits per heavy atom. The molecule has 3 aliphatic heterocycles. The van der Waals surface area contributed by atoms with Crippen molar-refractivity contribution in [3.63, 3.8) is 0 Å². The highest BCUT2D eigenvalue weighted by molar-refractivity contribution is 6.74. The summed E-state index contributed by atoms with van der Waals surface area (Å²) in [5.74, 6) is 0.982. The van der Waals surface area contributed by atoms with Crippen LogP contribution in [0.15, 0.2) is 6.07 Å². The first-order valence-electron chi connectivity index (χ1n) is 9.14. The average molecular weight is 382 g/mol. The normalized spacial score (nSPS) is 31.7. The third kappa shape index (κ3) is 2.73. The highest BCUT2D eigenvalue weighted by Gasteiger charge is 2.64. The molecule has 2 saturated heterocycles. The van der Waals surface area contributed by atoms with Crippen LogP contribution in [-0.2, 0) is 15.6 Å². The predicted molar refractivity (Wildman–Crippen MR) is 102 cm³/mol. The van der Waals surface area contributed by atoms with Gasteiger partial charge in [0.1, 0.15) is 0 Å². The molecular weight excluding hydrogens is 354 g/mol. The SMILES string of the molecule is CC(C)(C)[Si](C)(C)OC12COCC(N3CCc4cc(Cl)nnc43)(C1)C2. The van der Waals surface area contributed by atoms with Crippen LogP contribution < -0.4 is 4.90 Å². The summed E-state index contributed by atoms with van der Waals surface area (Å²) in [5.41, 5.74) is 1.08. The summed E-state index contributed by atoms with van der Waals surface area (Å²) in [7, 11) is -1.82. The zero-order valence-electron chi connectivity index (χ0n) is 15.9. The lowest BCUT2D eigenvalue weighted by molar-refractivity contribution is -0.191. The summed E-state index contributed by atoms with van der Waals surface area (Å²) in [6.45, 7) is 14.0. The predicted octanol–water partition coefficient (Wildman–Crippen LogP) is 3.82. The molecule has 1 saturated carbocycles. The van der Waals surface area contributed by atoms with Crippen molar-refractivity contribution in [2.45, 2.75) is 69.3 Å². The van der Waals surface area contributed by atoms with E-state index < -0.39 is 8.32 Å². The molecule has 0 spiro atoms. The van der Waals surface area contributed by atoms with Gasteiger partial charge in [0.15, 0.2) is 19.3 Å². The molecular formula is C18H28ClN3O2Si. The van der Waals surface area contributed by atoms with Crippen molar-refractivity contribution >= 4 is 25.7 Å². The number of rotatable bonds is 3. The van der Waals surface area contributed by atoms with E-state index in [0.29, 0.717) is 11.8 Å². The van der Waals surface area contributed by atoms with E-state index in [-0.39, 0.29) is 16.2 Å². The van der Waals surface area contributed by atoms with Gasteiger partial charge in [0.25, 0.3) is 0 Å². The fourth-order valence-corrected chi connectivity index (χ4v) is 6.21. The number of hydrogen-bond acceptors (Lipinski definition) is 5. The summed E-state index contributed by atoms with van der Waals surface area (Å²) in [5, 5.41) is 9.12. The molecule has 1 aromatic heterocycles. The summed E-state index contributed by atoms with van der Waals surface area (Å²) in [6, 6.07) is 1.95. The lowest BCUT2D eigenvalue weighted by Crippen LogP contribution is -2.75. The number of ether oxygens (including phenoxy) is 1. The molecule has 7 heteroatoms. The molecule has 5 rings (SSSR count). The Balaban J connectivity index is 1.56. The molecule has 0 unspecified atom stereocenters. The second kappa shape index (κ2) is 5.41. The summed E-state index contributed by atoms with van der Waals surface area (Å²) in [6.07, 6.45) is 3.02. The number of hydrogen-bond donors (Lipinski definition) is 0. The lowest BCUT2D eigenvalue weighted by Gasteiger charge is -2.65. The van der Waals surface area contributed by atoms with Crippen LogP contribution in [0.25, 0.3) is 0 Å². The van der Waals surface area contributed by atoms with Gasteiger partial charge in [-0.15, -0.1) is 10.2 Å². The standard InChI is InChI=1S/C18H28ClN3O2Si/c1-16(2,3)25(4,5)24-18-9-17(10-18,11-23-12-18)22-7-6-13-8-14(19)20-21-15(13)22/h8H,6-7,9-12H2,1-5H3. The number of halogens is 1. The van der Waals surface area contributed by atoms with Crippen LogP contribution in [0.2, 0.25) is 23.3 Å². The minimum absolute atomic E-state index is 0.00831. The molecule has 0 atom stereocenters. The van der Waals surface area contributed by atoms with Crippen LogP contribution in [0.5, 0.6) is 0 Å². The smallest absolute Gasteiger partial charge is 0.192 e. The van der Waals surface area contributed by atoms with Crippen LogP contribution in [0.1, 0.15) is 39.2 Å². The Bertz CT molecular complexity index is 698. The zero-order valence-corrected chi connectivity index (χ0v) is 17.6. The van der Waals surface area contributed by atoms with Crippen molar-refractivity contribution in [2.75, 3.05) is 24.7 Å². The van der Waals surface area contributed by atoms with Crippen LogP contribution in [0.4, 0.5) is 5.82 Å². The van der Waals surface area contributed by atoms with E-state index in [0.717, 1.165) is 38.2 Å². The quantitative estimate of drug-likeness (QED) is 0.745. The molecule has 4 aliphatic rings. The molecule has 138 valence electrons. The summed E-state index contributed by atoms with van der Waals surface area (Å²) in [4.78, 5) is 2.40. The molecule has 1 aromatic rings. The van der Waals surface area contributed by atoms with Crippen molar-refractivity contribution in [1.82, 2.24) is 10.2 Å². The molecule has 0 radical (unpaired) electrons. The number of aromatic nitrogens is 2. The Labute approximate surface area is 156 Å². The van der Waals surface area contributed by atoms with Gasteiger partial charge in [0, 0.05) is 24.9 Å². The van der Waals surface area contributed by atoms with E-state index in [2.05, 4.69) is 49.0 Å². The fraction of sp³-hybridized carbons (Fsp3) is 0.778. The van der Waals surface area contributed by atoms with E-state index in [1.165, 1.54) is 5.56 Å². The van der Waals surface area contributed by atoms with E-state index in [1.807, 2.05) is 6.07 Å². The first-order valence-corrected chi connectivity index (χ1v) is 12.4. The maximum atomic E-state index is 6.82. The van der Waals surface area contributed by atoms with Crippen LogP contribution in [0, 0.1) is 0 Å². The first kappa shape index (κ1) is 17.7. The second-order valence-electron chi connectivity index (χ2n) is 9.53. The van der Waals surface area contributed by atoms with Crippen molar-refractivity contribution < 1.29 is 9.16 Å². The van der Waals surface area contributed by atoms with E-state index in [4.69, 9.17) is 20.8 Å². The maximum absolute atomic E-state index is 6.82. The second-order valence-corrected chi connectivity index (χ2v) is 14.6. The largest absolute Gasteiger partial charge is 0.409 e. The maximum Gasteiger partial charge on any atom is 0.192 e. The molecule has 25 heavy (non-hydrogen) atoms. The third-order valence-electron chi connectivity index (χ3n) is 6.57. The minimum atomic E-state index is -1.82. The topological polar surface area (TPSA) is 47.5 Å². The van der Waals surface area contributed by atoms with Gasteiger partial charge in [-0.3, -0.25) is 0 Å². The van der Waals surface area contributed by atoms with Gasteiger partial charge in [-0.1, -0.05) is 32.4 Å². The molecule has 5 nitrogen and oxygen atoms in total. The van der Waals surface area contributed by atoms with Gasteiger partial charge >= 0.3 is 0 Å². The Hall–Kier alpha value is -0.693. The van der Waals surface area contributed by atoms with Gasteiger partial charge < -0.3 is 14.1 Å². The van der Waals surface area contributed by atoms with Crippen molar-refractivity contribution in [3.8, 4) is 0 Å². The van der Waals surface area contributed by atoms with Crippen LogP contribution in [-0.4, -0.2) is 49.4 Å². The third-order valence-corrected chi connectivity index (χ3v) is 11.3. The van der Waals surface area contributed by atoms with Crippen molar-refractivity contribution in [1.29, 1.82) is 0 Å². The molecule has 2 bridgehead atoms. The zero-order chi connectivity index (χ0) is 18.1. The minimum Gasteiger partial charge on any atom is -0.409 e. The lowest BCUT2D eigenvalue weighted by atomic mass is 9.63. The molecule has 1 aliphatic carbocycles. The van der Waals surface area contributed by atoms with Gasteiger partial charge in [-0.25, -0.2) is 0 Å². The number of nitrogens with zero attached hydrogens (tertiary/aromatic N) is 3. The number of anilines is 1. The monoisotopic (exact) mass is 381 g/mol. The van der Waals surface area contributed by atoms with Crippen molar-refractivity contribution in [3.05, 3.63) is 16.8 Å². The molecule has 3 fully saturated rings. The highest BCUT2D eigenvalue weighted by Crippen LogP contribution is 2.56. The van der Waals surface area contributed by atoms with E-state index in [9.17, 15) is 0 Å². The molecule has 0 N–H and O–H groups in total. The fourth-order valence-electron chi connectivity index (χ4n) is 4.45. The highest BCUT2D eigenvalue weighted by atomic mass is 35.5. The molecule has 4 heterocycles. The van der Waals surface area contributed by atoms with Gasteiger partial charge in [0.05, 0.1) is 24.4 Å². The van der Waals surface area contributed by atoms with Gasteiger partial charge in [-0.05, 0) is 30.6 Å². The summed E-state index contributed by atoms with van der Waals surface area (Å²) < 4.78 is 12.8. The first-order chi connectivity index (χ1) is 11.6. The van der Waals surface area contributed by atoms with Crippen LogP contribution in [0.3, 0.4) is 0 Å². The van der Waals surface area contributed by atoms with Crippen LogP contribution >= 0.6 is 11.6 Å². The Morgan fingerprint density at radius 2 is 1.96 bits per heavy atom. The molecule has 0 aromatic carbocycles. The Morgan fingerprint density at radius 3 is 2.64 bits per heavy atom.